The van der Waals surface area contributed by atoms with Gasteiger partial charge in [0.25, 0.3) is 0 Å². The topological polar surface area (TPSA) is 78.1 Å². The van der Waals surface area contributed by atoms with Gasteiger partial charge < -0.3 is 25.3 Å². The standard InChI is InChI=1S/C19H22ClN3O3/c1-12(2)26-15-5-3-14(4-6-15)23-19(21)22-11-13-9-16(20)18-17(10-13)24-7-8-25-18/h3-6,9-10,12H,7-8,11H2,1-2H3,(H3,21,22,23). The van der Waals surface area contributed by atoms with Crippen molar-refractivity contribution >= 4 is 23.2 Å². The molecule has 0 atom stereocenters. The van der Waals surface area contributed by atoms with Gasteiger partial charge in [-0.1, -0.05) is 11.6 Å². The molecule has 1 aliphatic rings. The Labute approximate surface area is 157 Å². The van der Waals surface area contributed by atoms with Gasteiger partial charge in [-0.25, -0.2) is 4.99 Å². The predicted molar refractivity (Wildman–Crippen MR) is 104 cm³/mol. The molecule has 0 radical (unpaired) electrons. The molecule has 0 spiro atoms. The molecule has 0 saturated carbocycles. The third-order valence-corrected chi connectivity index (χ3v) is 3.87. The van der Waals surface area contributed by atoms with Crippen LogP contribution in [0.5, 0.6) is 17.2 Å². The average molecular weight is 376 g/mol. The van der Waals surface area contributed by atoms with Gasteiger partial charge in [0.15, 0.2) is 17.5 Å². The second-order valence-electron chi connectivity index (χ2n) is 6.12. The van der Waals surface area contributed by atoms with Crippen molar-refractivity contribution in [3.8, 4) is 17.2 Å². The monoisotopic (exact) mass is 375 g/mol. The maximum absolute atomic E-state index is 6.23. The highest BCUT2D eigenvalue weighted by molar-refractivity contribution is 6.32. The molecule has 1 heterocycles. The summed E-state index contributed by atoms with van der Waals surface area (Å²) in [5, 5.41) is 3.57. The minimum atomic E-state index is 0.137. The quantitative estimate of drug-likeness (QED) is 0.613. The lowest BCUT2D eigenvalue weighted by atomic mass is 10.2. The number of halogens is 1. The molecule has 2 aromatic rings. The first kappa shape index (κ1) is 18.2. The first-order valence-corrected chi connectivity index (χ1v) is 8.81. The van der Waals surface area contributed by atoms with Gasteiger partial charge in [-0.05, 0) is 55.8 Å². The van der Waals surface area contributed by atoms with E-state index in [0.29, 0.717) is 42.2 Å². The maximum Gasteiger partial charge on any atom is 0.193 e. The molecule has 0 bridgehead atoms. The average Bonchev–Trinajstić information content (AvgIpc) is 2.61. The van der Waals surface area contributed by atoms with Gasteiger partial charge in [0.1, 0.15) is 19.0 Å². The van der Waals surface area contributed by atoms with Crippen molar-refractivity contribution < 1.29 is 14.2 Å². The normalized spacial score (nSPS) is 13.6. The first-order valence-electron chi connectivity index (χ1n) is 8.43. The third kappa shape index (κ3) is 4.73. The van der Waals surface area contributed by atoms with Crippen molar-refractivity contribution in [2.75, 3.05) is 18.5 Å². The number of hydrogen-bond acceptors (Lipinski definition) is 4. The number of hydrogen-bond donors (Lipinski definition) is 2. The van der Waals surface area contributed by atoms with Crippen molar-refractivity contribution in [2.24, 2.45) is 10.7 Å². The summed E-state index contributed by atoms with van der Waals surface area (Å²) < 4.78 is 16.7. The fraction of sp³-hybridized carbons (Fsp3) is 0.316. The van der Waals surface area contributed by atoms with Crippen molar-refractivity contribution in [3.63, 3.8) is 0 Å². The molecule has 0 aliphatic carbocycles. The lowest BCUT2D eigenvalue weighted by Gasteiger charge is -2.20. The Morgan fingerprint density at radius 1 is 1.23 bits per heavy atom. The van der Waals surface area contributed by atoms with Crippen LogP contribution in [-0.4, -0.2) is 25.3 Å². The summed E-state index contributed by atoms with van der Waals surface area (Å²) in [7, 11) is 0. The van der Waals surface area contributed by atoms with Gasteiger partial charge in [-0.15, -0.1) is 0 Å². The third-order valence-electron chi connectivity index (χ3n) is 3.59. The van der Waals surface area contributed by atoms with Crippen molar-refractivity contribution in [1.29, 1.82) is 0 Å². The van der Waals surface area contributed by atoms with Crippen molar-refractivity contribution in [3.05, 3.63) is 47.0 Å². The Kier molecular flexibility index (Phi) is 5.73. The number of nitrogens with zero attached hydrogens (tertiary/aromatic N) is 1. The SMILES string of the molecule is CC(C)Oc1ccc(NC(N)=NCc2cc(Cl)c3c(c2)OCCO3)cc1. The van der Waals surface area contributed by atoms with Gasteiger partial charge in [-0.3, -0.25) is 0 Å². The summed E-state index contributed by atoms with van der Waals surface area (Å²) in [4.78, 5) is 4.35. The Morgan fingerprint density at radius 2 is 1.96 bits per heavy atom. The zero-order valence-electron chi connectivity index (χ0n) is 14.8. The molecule has 138 valence electrons. The highest BCUT2D eigenvalue weighted by Gasteiger charge is 2.16. The van der Waals surface area contributed by atoms with Crippen LogP contribution in [0, 0.1) is 0 Å². The number of fused-ring (bicyclic) bond motifs is 1. The fourth-order valence-corrected chi connectivity index (χ4v) is 2.80. The smallest absolute Gasteiger partial charge is 0.193 e. The van der Waals surface area contributed by atoms with E-state index in [2.05, 4.69) is 10.3 Å². The number of nitrogens with two attached hydrogens (primary N) is 1. The molecule has 0 unspecified atom stereocenters. The van der Waals surface area contributed by atoms with Crippen molar-refractivity contribution in [2.45, 2.75) is 26.5 Å². The number of nitrogens with one attached hydrogen (secondary N) is 1. The Bertz CT molecular complexity index is 791. The van der Waals surface area contributed by atoms with Gasteiger partial charge in [-0.2, -0.15) is 0 Å². The lowest BCUT2D eigenvalue weighted by Crippen LogP contribution is -2.22. The highest BCUT2D eigenvalue weighted by Crippen LogP contribution is 2.38. The van der Waals surface area contributed by atoms with E-state index in [4.69, 9.17) is 31.5 Å². The predicted octanol–water partition coefficient (Wildman–Crippen LogP) is 3.83. The van der Waals surface area contributed by atoms with E-state index in [1.165, 1.54) is 0 Å². The van der Waals surface area contributed by atoms with Crippen LogP contribution in [0.3, 0.4) is 0 Å². The molecular formula is C19H22ClN3O3. The number of anilines is 1. The minimum absolute atomic E-state index is 0.137. The summed E-state index contributed by atoms with van der Waals surface area (Å²) in [6.45, 7) is 5.37. The van der Waals surface area contributed by atoms with Gasteiger partial charge in [0.2, 0.25) is 0 Å². The lowest BCUT2D eigenvalue weighted by molar-refractivity contribution is 0.171. The summed E-state index contributed by atoms with van der Waals surface area (Å²) in [5.41, 5.74) is 7.70. The van der Waals surface area contributed by atoms with E-state index >= 15 is 0 Å². The molecule has 0 fully saturated rings. The molecule has 3 N–H and O–H groups in total. The largest absolute Gasteiger partial charge is 0.491 e. The van der Waals surface area contributed by atoms with Crippen LogP contribution in [0.25, 0.3) is 0 Å². The second kappa shape index (κ2) is 8.19. The Morgan fingerprint density at radius 3 is 2.69 bits per heavy atom. The Hall–Kier alpha value is -2.60. The molecular weight excluding hydrogens is 354 g/mol. The number of guanidine groups is 1. The molecule has 0 amide bonds. The highest BCUT2D eigenvalue weighted by atomic mass is 35.5. The first-order chi connectivity index (χ1) is 12.5. The molecule has 0 saturated heterocycles. The van der Waals surface area contributed by atoms with Crippen LogP contribution in [0.2, 0.25) is 5.02 Å². The Balaban J connectivity index is 1.62. The van der Waals surface area contributed by atoms with E-state index in [9.17, 15) is 0 Å². The van der Waals surface area contributed by atoms with E-state index in [1.807, 2.05) is 50.2 Å². The van der Waals surface area contributed by atoms with Crippen LogP contribution in [-0.2, 0) is 6.54 Å². The van der Waals surface area contributed by atoms with E-state index < -0.39 is 0 Å². The van der Waals surface area contributed by atoms with Crippen LogP contribution in [0.15, 0.2) is 41.4 Å². The van der Waals surface area contributed by atoms with E-state index in [-0.39, 0.29) is 6.10 Å². The van der Waals surface area contributed by atoms with Gasteiger partial charge >= 0.3 is 0 Å². The molecule has 7 heteroatoms. The van der Waals surface area contributed by atoms with Gasteiger partial charge in [0, 0.05) is 5.69 Å². The van der Waals surface area contributed by atoms with E-state index in [1.54, 1.807) is 0 Å². The molecule has 3 rings (SSSR count). The zero-order valence-corrected chi connectivity index (χ0v) is 15.5. The molecule has 0 aromatic heterocycles. The van der Waals surface area contributed by atoms with E-state index in [0.717, 1.165) is 17.0 Å². The summed E-state index contributed by atoms with van der Waals surface area (Å²) in [5.74, 6) is 2.35. The van der Waals surface area contributed by atoms with Gasteiger partial charge in [0.05, 0.1) is 17.7 Å². The molecule has 6 nitrogen and oxygen atoms in total. The molecule has 26 heavy (non-hydrogen) atoms. The van der Waals surface area contributed by atoms with Crippen LogP contribution >= 0.6 is 11.6 Å². The number of ether oxygens (including phenoxy) is 3. The summed E-state index contributed by atoms with van der Waals surface area (Å²) in [6, 6.07) is 11.2. The van der Waals surface area contributed by atoms with Crippen LogP contribution in [0.1, 0.15) is 19.4 Å². The number of rotatable bonds is 5. The fourth-order valence-electron chi connectivity index (χ4n) is 2.51. The maximum atomic E-state index is 6.23. The molecule has 1 aliphatic heterocycles. The number of aliphatic imine (C=N–C) groups is 1. The second-order valence-corrected chi connectivity index (χ2v) is 6.53. The zero-order chi connectivity index (χ0) is 18.5. The molecule has 2 aromatic carbocycles. The van der Waals surface area contributed by atoms with Crippen LogP contribution in [0.4, 0.5) is 5.69 Å². The summed E-state index contributed by atoms with van der Waals surface area (Å²) >= 11 is 6.23. The van der Waals surface area contributed by atoms with Crippen molar-refractivity contribution in [1.82, 2.24) is 0 Å². The van der Waals surface area contributed by atoms with Crippen LogP contribution < -0.4 is 25.3 Å². The number of benzene rings is 2. The summed E-state index contributed by atoms with van der Waals surface area (Å²) in [6.07, 6.45) is 0.137. The minimum Gasteiger partial charge on any atom is -0.491 e.